The average molecular weight is 508 g/mol. The molecule has 3 aromatic heterocycles. The molecule has 0 radical (unpaired) electrons. The zero-order chi connectivity index (χ0) is 25.1. The van der Waals surface area contributed by atoms with Gasteiger partial charge in [-0.1, -0.05) is 0 Å². The Balaban J connectivity index is 1.44. The Labute approximate surface area is 213 Å². The normalized spacial score (nSPS) is 14.1. The number of H-pyrrole nitrogens is 1. The van der Waals surface area contributed by atoms with Crippen LogP contribution >= 0.6 is 11.3 Å². The highest BCUT2D eigenvalue weighted by Crippen LogP contribution is 2.34. The van der Waals surface area contributed by atoms with Crippen molar-refractivity contribution in [1.82, 2.24) is 19.9 Å². The van der Waals surface area contributed by atoms with E-state index in [1.807, 2.05) is 30.5 Å². The van der Waals surface area contributed by atoms with E-state index in [0.717, 1.165) is 54.3 Å². The van der Waals surface area contributed by atoms with Crippen molar-refractivity contribution in [2.24, 2.45) is 0 Å². The summed E-state index contributed by atoms with van der Waals surface area (Å²) in [6.45, 7) is 6.54. The van der Waals surface area contributed by atoms with Crippen LogP contribution in [-0.2, 0) is 4.74 Å². The van der Waals surface area contributed by atoms with E-state index in [1.54, 1.807) is 6.20 Å². The molecule has 0 saturated carbocycles. The van der Waals surface area contributed by atoms with Crippen LogP contribution in [0.5, 0.6) is 5.75 Å². The van der Waals surface area contributed by atoms with E-state index in [-0.39, 0.29) is 0 Å². The molecule has 10 nitrogen and oxygen atoms in total. The lowest BCUT2D eigenvalue weighted by molar-refractivity contribution is 0.0607. The predicted octanol–water partition coefficient (Wildman–Crippen LogP) is 4.44. The maximum atomic E-state index is 12.1. The fourth-order valence-electron chi connectivity index (χ4n) is 4.15. The van der Waals surface area contributed by atoms with Crippen molar-refractivity contribution in [1.29, 1.82) is 0 Å². The van der Waals surface area contributed by atoms with E-state index in [0.29, 0.717) is 28.9 Å². The Hall–Kier alpha value is -3.83. The molecule has 1 aliphatic heterocycles. The van der Waals surface area contributed by atoms with Gasteiger partial charge in [-0.25, -0.2) is 9.78 Å². The molecule has 0 atom stereocenters. The summed E-state index contributed by atoms with van der Waals surface area (Å²) in [5.41, 5.74) is 4.00. The van der Waals surface area contributed by atoms with Gasteiger partial charge in [-0.05, 0) is 43.6 Å². The number of benzene rings is 1. The summed E-state index contributed by atoms with van der Waals surface area (Å²) in [5, 5.41) is 8.42. The largest absolute Gasteiger partial charge is 0.492 e. The van der Waals surface area contributed by atoms with Crippen molar-refractivity contribution in [3.05, 3.63) is 46.8 Å². The number of fused-ring (bicyclic) bond motifs is 1. The molecule has 1 aromatic carbocycles. The fraction of sp³-hybridized carbons (Fsp3) is 0.320. The van der Waals surface area contributed by atoms with Gasteiger partial charge < -0.3 is 34.9 Å². The average Bonchev–Trinajstić information content (AvgIpc) is 3.55. The summed E-state index contributed by atoms with van der Waals surface area (Å²) < 4.78 is 10.9. The van der Waals surface area contributed by atoms with Crippen LogP contribution in [0.4, 0.5) is 28.8 Å². The van der Waals surface area contributed by atoms with Crippen molar-refractivity contribution in [3.63, 3.8) is 0 Å². The molecule has 5 rings (SSSR count). The first-order chi connectivity index (χ1) is 17.6. The molecule has 1 fully saturated rings. The highest BCUT2D eigenvalue weighted by molar-refractivity contribution is 7.12. The number of methoxy groups -OCH3 is 1. The second kappa shape index (κ2) is 10.4. The number of carbonyl (C=O) groups excluding carboxylic acids is 1. The maximum Gasteiger partial charge on any atom is 0.350 e. The summed E-state index contributed by atoms with van der Waals surface area (Å²) in [6, 6.07) is 9.87. The first-order valence-electron chi connectivity index (χ1n) is 11.8. The van der Waals surface area contributed by atoms with Crippen molar-refractivity contribution in [3.8, 4) is 5.75 Å². The van der Waals surface area contributed by atoms with E-state index in [9.17, 15) is 4.79 Å². The third-order valence-corrected chi connectivity index (χ3v) is 6.97. The van der Waals surface area contributed by atoms with Gasteiger partial charge in [-0.3, -0.25) is 0 Å². The van der Waals surface area contributed by atoms with Gasteiger partial charge in [0.1, 0.15) is 16.1 Å². The van der Waals surface area contributed by atoms with Crippen molar-refractivity contribution >= 4 is 57.2 Å². The topological polar surface area (TPSA) is 108 Å². The zero-order valence-electron chi connectivity index (χ0n) is 20.5. The highest BCUT2D eigenvalue weighted by atomic mass is 32.1. The third-order valence-electron chi connectivity index (χ3n) is 6.07. The van der Waals surface area contributed by atoms with Gasteiger partial charge in [0.05, 0.1) is 30.6 Å². The number of carbonyl (C=O) groups is 1. The number of aromatic amines is 1. The molecule has 1 aliphatic rings. The Morgan fingerprint density at radius 1 is 1.11 bits per heavy atom. The van der Waals surface area contributed by atoms with Crippen LogP contribution in [0.15, 0.2) is 41.9 Å². The number of anilines is 5. The molecule has 36 heavy (non-hydrogen) atoms. The SMILES string of the molecule is CCOc1cc(N2CCN(C)CC2)ccc1Nc1nc(Nc2ccsc2C(=O)OC)c2[nH]ccc2n1. The molecule has 0 unspecified atom stereocenters. The zero-order valence-corrected chi connectivity index (χ0v) is 21.3. The summed E-state index contributed by atoms with van der Waals surface area (Å²) in [5.74, 6) is 1.30. The van der Waals surface area contributed by atoms with E-state index >= 15 is 0 Å². The highest BCUT2D eigenvalue weighted by Gasteiger charge is 2.19. The molecule has 1 saturated heterocycles. The molecular formula is C25H29N7O3S. The van der Waals surface area contributed by atoms with Crippen LogP contribution in [0.25, 0.3) is 11.0 Å². The van der Waals surface area contributed by atoms with Gasteiger partial charge in [0.2, 0.25) is 5.95 Å². The lowest BCUT2D eigenvalue weighted by atomic mass is 10.2. The molecule has 11 heteroatoms. The third kappa shape index (κ3) is 4.93. The minimum absolute atomic E-state index is 0.399. The Kier molecular flexibility index (Phi) is 6.92. The van der Waals surface area contributed by atoms with Gasteiger partial charge in [0.15, 0.2) is 5.82 Å². The van der Waals surface area contributed by atoms with E-state index in [4.69, 9.17) is 14.5 Å². The summed E-state index contributed by atoms with van der Waals surface area (Å²) >= 11 is 1.31. The number of piperazine rings is 1. The number of rotatable bonds is 8. The van der Waals surface area contributed by atoms with Crippen LogP contribution in [0.2, 0.25) is 0 Å². The predicted molar refractivity (Wildman–Crippen MR) is 143 cm³/mol. The number of nitrogens with one attached hydrogen (secondary N) is 3. The smallest absolute Gasteiger partial charge is 0.350 e. The van der Waals surface area contributed by atoms with Crippen LogP contribution < -0.4 is 20.3 Å². The molecule has 0 amide bonds. The van der Waals surface area contributed by atoms with Crippen molar-refractivity contribution in [2.45, 2.75) is 6.92 Å². The minimum Gasteiger partial charge on any atom is -0.492 e. The Bertz CT molecular complexity index is 1360. The fourth-order valence-corrected chi connectivity index (χ4v) is 4.91. The van der Waals surface area contributed by atoms with E-state index in [1.165, 1.54) is 18.4 Å². The molecular weight excluding hydrogens is 478 g/mol. The molecule has 0 aliphatic carbocycles. The van der Waals surface area contributed by atoms with Gasteiger partial charge in [-0.2, -0.15) is 4.98 Å². The molecule has 0 spiro atoms. The monoisotopic (exact) mass is 507 g/mol. The first-order valence-corrected chi connectivity index (χ1v) is 12.7. The number of thiophene rings is 1. The summed E-state index contributed by atoms with van der Waals surface area (Å²) in [6.07, 6.45) is 1.81. The van der Waals surface area contributed by atoms with Crippen molar-refractivity contribution in [2.75, 3.05) is 62.5 Å². The number of nitrogens with zero attached hydrogens (tertiary/aromatic N) is 4. The van der Waals surface area contributed by atoms with Gasteiger partial charge >= 0.3 is 5.97 Å². The van der Waals surface area contributed by atoms with Crippen LogP contribution in [0, 0.1) is 0 Å². The minimum atomic E-state index is -0.399. The number of likely N-dealkylation sites (N-methyl/N-ethyl adjacent to an activating group) is 1. The van der Waals surface area contributed by atoms with E-state index in [2.05, 4.69) is 49.6 Å². The number of hydrogen-bond donors (Lipinski definition) is 3. The molecule has 0 bridgehead atoms. The van der Waals surface area contributed by atoms with Gasteiger partial charge in [-0.15, -0.1) is 11.3 Å². The van der Waals surface area contributed by atoms with Crippen molar-refractivity contribution < 1.29 is 14.3 Å². The van der Waals surface area contributed by atoms with Gasteiger partial charge in [0, 0.05) is 44.1 Å². The number of hydrogen-bond acceptors (Lipinski definition) is 10. The van der Waals surface area contributed by atoms with Crippen LogP contribution in [0.3, 0.4) is 0 Å². The lowest BCUT2D eigenvalue weighted by Crippen LogP contribution is -2.44. The second-order valence-corrected chi connectivity index (χ2v) is 9.36. The molecule has 188 valence electrons. The number of aromatic nitrogens is 3. The maximum absolute atomic E-state index is 12.1. The molecule has 4 aromatic rings. The quantitative estimate of drug-likeness (QED) is 0.298. The van der Waals surface area contributed by atoms with Crippen LogP contribution in [0.1, 0.15) is 16.6 Å². The number of esters is 1. The van der Waals surface area contributed by atoms with E-state index < -0.39 is 5.97 Å². The first kappa shape index (κ1) is 23.9. The number of ether oxygens (including phenoxy) is 2. The second-order valence-electron chi connectivity index (χ2n) is 8.44. The standard InChI is InChI=1S/C25H29N7O3S/c1-4-35-20-15-16(32-12-10-31(2)11-13-32)5-6-17(20)28-25-29-18-7-9-26-21(18)23(30-25)27-19-8-14-36-22(19)24(33)34-3/h5-9,14-15,26H,4,10-13H2,1-3H3,(H2,27,28,29,30). The molecule has 4 heterocycles. The van der Waals surface area contributed by atoms with Gasteiger partial charge in [0.25, 0.3) is 0 Å². The Morgan fingerprint density at radius 2 is 1.94 bits per heavy atom. The molecule has 3 N–H and O–H groups in total. The van der Waals surface area contributed by atoms with Crippen LogP contribution in [-0.4, -0.2) is 72.8 Å². The Morgan fingerprint density at radius 3 is 2.72 bits per heavy atom. The summed E-state index contributed by atoms with van der Waals surface area (Å²) in [4.78, 5) is 29.9. The lowest BCUT2D eigenvalue weighted by Gasteiger charge is -2.34. The summed E-state index contributed by atoms with van der Waals surface area (Å²) in [7, 11) is 3.52.